The molecule has 1 unspecified atom stereocenters. The van der Waals surface area contributed by atoms with Crippen molar-refractivity contribution in [1.82, 2.24) is 20.2 Å². The average molecular weight is 551 g/mol. The molecule has 5 rings (SSSR count). The molecule has 1 saturated carbocycles. The lowest BCUT2D eigenvalue weighted by molar-refractivity contribution is -0.123. The van der Waals surface area contributed by atoms with Gasteiger partial charge in [-0.05, 0) is 68.2 Å². The summed E-state index contributed by atoms with van der Waals surface area (Å²) in [5.74, 6) is 0.644. The van der Waals surface area contributed by atoms with E-state index in [4.69, 9.17) is 9.72 Å². The van der Waals surface area contributed by atoms with E-state index in [1.54, 1.807) is 11.3 Å². The first-order valence-corrected chi connectivity index (χ1v) is 15.6. The number of hydrogen-bond donors (Lipinski definition) is 2. The van der Waals surface area contributed by atoms with Crippen LogP contribution in [0.25, 0.3) is 11.0 Å². The predicted molar refractivity (Wildman–Crippen MR) is 156 cm³/mol. The van der Waals surface area contributed by atoms with Crippen molar-refractivity contribution in [2.24, 2.45) is 0 Å². The molecule has 210 valence electrons. The van der Waals surface area contributed by atoms with Crippen molar-refractivity contribution < 1.29 is 14.3 Å². The highest BCUT2D eigenvalue weighted by atomic mass is 32.1. The molecule has 1 aliphatic heterocycles. The van der Waals surface area contributed by atoms with Crippen LogP contribution in [0.5, 0.6) is 0 Å². The number of imidazole rings is 1. The molecule has 2 atom stereocenters. The van der Waals surface area contributed by atoms with Crippen molar-refractivity contribution in [2.45, 2.75) is 109 Å². The summed E-state index contributed by atoms with van der Waals surface area (Å²) in [6, 6.07) is 9.71. The zero-order chi connectivity index (χ0) is 27.4. The monoisotopic (exact) mass is 550 g/mol. The number of ether oxygens (including phenoxy) is 1. The van der Waals surface area contributed by atoms with Gasteiger partial charge in [-0.1, -0.05) is 46.1 Å². The Morgan fingerprint density at radius 2 is 1.92 bits per heavy atom. The van der Waals surface area contributed by atoms with Gasteiger partial charge in [0.05, 0.1) is 29.3 Å². The summed E-state index contributed by atoms with van der Waals surface area (Å²) in [5.41, 5.74) is 2.33. The Kier molecular flexibility index (Phi) is 8.72. The maximum absolute atomic E-state index is 13.3. The molecule has 3 heterocycles. The Morgan fingerprint density at radius 3 is 2.62 bits per heavy atom. The van der Waals surface area contributed by atoms with Gasteiger partial charge < -0.3 is 19.9 Å². The van der Waals surface area contributed by atoms with Crippen LogP contribution in [-0.4, -0.2) is 45.7 Å². The molecule has 2 aromatic heterocycles. The molecule has 1 spiro atoms. The highest BCUT2D eigenvalue weighted by Gasteiger charge is 2.42. The number of hydrogen-bond acceptors (Lipinski definition) is 5. The molecule has 1 aliphatic carbocycles. The SMILES string of the molecule is CCC(CC)n1c(Cc2cccs2)nc2cc(C(=O)N[C@@H](CC)C(=O)NC3COC4(CCCCC4)C3)ccc21. The van der Waals surface area contributed by atoms with Gasteiger partial charge in [-0.3, -0.25) is 9.59 Å². The molecule has 7 nitrogen and oxygen atoms in total. The van der Waals surface area contributed by atoms with Crippen molar-refractivity contribution in [3.8, 4) is 0 Å². The van der Waals surface area contributed by atoms with Crippen LogP contribution in [0.4, 0.5) is 0 Å². The van der Waals surface area contributed by atoms with E-state index in [2.05, 4.69) is 46.6 Å². The molecule has 2 amide bonds. The summed E-state index contributed by atoms with van der Waals surface area (Å²) in [7, 11) is 0. The molecule has 39 heavy (non-hydrogen) atoms. The number of nitrogens with zero attached hydrogens (tertiary/aromatic N) is 2. The van der Waals surface area contributed by atoms with Crippen molar-refractivity contribution in [3.05, 3.63) is 52.0 Å². The van der Waals surface area contributed by atoms with Crippen LogP contribution in [0.3, 0.4) is 0 Å². The number of benzene rings is 1. The number of amides is 2. The first kappa shape index (κ1) is 27.8. The van der Waals surface area contributed by atoms with E-state index in [1.807, 2.05) is 25.1 Å². The summed E-state index contributed by atoms with van der Waals surface area (Å²) < 4.78 is 8.52. The number of aromatic nitrogens is 2. The van der Waals surface area contributed by atoms with E-state index in [0.29, 0.717) is 24.6 Å². The Balaban J connectivity index is 1.29. The summed E-state index contributed by atoms with van der Waals surface area (Å²) in [5, 5.41) is 8.22. The van der Waals surface area contributed by atoms with E-state index >= 15 is 0 Å². The van der Waals surface area contributed by atoms with E-state index in [9.17, 15) is 9.59 Å². The quantitative estimate of drug-likeness (QED) is 0.316. The largest absolute Gasteiger partial charge is 0.373 e. The van der Waals surface area contributed by atoms with Crippen molar-refractivity contribution >= 4 is 34.2 Å². The maximum atomic E-state index is 13.3. The third-order valence-corrected chi connectivity index (χ3v) is 9.47. The standard InChI is InChI=1S/C31H42N4O3S/c1-4-23(5-2)35-27-13-12-21(17-26(27)33-28(35)18-24-11-10-16-39-24)29(36)34-25(6-3)30(37)32-22-19-31(38-20-22)14-8-7-9-15-31/h10-13,16-17,22-23,25H,4-9,14-15,18-20H2,1-3H3,(H,32,37)(H,34,36)/t22?,25-/m0/s1. The van der Waals surface area contributed by atoms with Crippen LogP contribution in [0, 0.1) is 0 Å². The van der Waals surface area contributed by atoms with Crippen LogP contribution in [-0.2, 0) is 16.0 Å². The highest BCUT2D eigenvalue weighted by Crippen LogP contribution is 2.39. The fourth-order valence-corrected chi connectivity index (χ4v) is 7.12. The molecule has 2 N–H and O–H groups in total. The molecule has 0 radical (unpaired) electrons. The molecule has 0 bridgehead atoms. The number of fused-ring (bicyclic) bond motifs is 1. The van der Waals surface area contributed by atoms with Gasteiger partial charge in [-0.2, -0.15) is 0 Å². The lowest BCUT2D eigenvalue weighted by Crippen LogP contribution is -2.49. The Labute approximate surface area is 235 Å². The molecule has 1 aromatic carbocycles. The Morgan fingerprint density at radius 1 is 1.13 bits per heavy atom. The first-order chi connectivity index (χ1) is 18.9. The summed E-state index contributed by atoms with van der Waals surface area (Å²) in [4.78, 5) is 32.7. The number of nitrogens with one attached hydrogen (secondary N) is 2. The second kappa shape index (κ2) is 12.2. The predicted octanol–water partition coefficient (Wildman–Crippen LogP) is 6.17. The van der Waals surface area contributed by atoms with E-state index in [-0.39, 0.29) is 23.5 Å². The van der Waals surface area contributed by atoms with Crippen LogP contribution < -0.4 is 10.6 Å². The van der Waals surface area contributed by atoms with Gasteiger partial charge in [-0.15, -0.1) is 11.3 Å². The first-order valence-electron chi connectivity index (χ1n) is 14.7. The van der Waals surface area contributed by atoms with Gasteiger partial charge in [0, 0.05) is 22.9 Å². The van der Waals surface area contributed by atoms with E-state index in [1.165, 1.54) is 24.1 Å². The lowest BCUT2D eigenvalue weighted by atomic mass is 9.82. The lowest BCUT2D eigenvalue weighted by Gasteiger charge is -2.32. The van der Waals surface area contributed by atoms with E-state index < -0.39 is 6.04 Å². The summed E-state index contributed by atoms with van der Waals surface area (Å²) in [6.45, 7) is 6.90. The van der Waals surface area contributed by atoms with Crippen LogP contribution >= 0.6 is 11.3 Å². The molecule has 3 aromatic rings. The molecular formula is C31H42N4O3S. The Bertz CT molecular complexity index is 1270. The number of rotatable bonds is 10. The molecule has 2 fully saturated rings. The third-order valence-electron chi connectivity index (χ3n) is 8.60. The topological polar surface area (TPSA) is 85.2 Å². The fraction of sp³-hybridized carbons (Fsp3) is 0.581. The minimum Gasteiger partial charge on any atom is -0.373 e. The summed E-state index contributed by atoms with van der Waals surface area (Å²) in [6.07, 6.45) is 10.0. The zero-order valence-electron chi connectivity index (χ0n) is 23.5. The Hall–Kier alpha value is -2.71. The minimum absolute atomic E-state index is 0.00807. The van der Waals surface area contributed by atoms with E-state index in [0.717, 1.165) is 55.4 Å². The zero-order valence-corrected chi connectivity index (χ0v) is 24.3. The fourth-order valence-electron chi connectivity index (χ4n) is 6.42. The van der Waals surface area contributed by atoms with Crippen LogP contribution in [0.1, 0.15) is 106 Å². The van der Waals surface area contributed by atoms with Gasteiger partial charge in [0.2, 0.25) is 5.91 Å². The third kappa shape index (κ3) is 6.07. The van der Waals surface area contributed by atoms with Gasteiger partial charge >= 0.3 is 0 Å². The van der Waals surface area contributed by atoms with Gasteiger partial charge in [0.15, 0.2) is 0 Å². The van der Waals surface area contributed by atoms with Crippen LogP contribution in [0.15, 0.2) is 35.7 Å². The smallest absolute Gasteiger partial charge is 0.252 e. The van der Waals surface area contributed by atoms with Crippen molar-refractivity contribution in [3.63, 3.8) is 0 Å². The maximum Gasteiger partial charge on any atom is 0.252 e. The van der Waals surface area contributed by atoms with Crippen molar-refractivity contribution in [2.75, 3.05) is 6.61 Å². The molecular weight excluding hydrogens is 508 g/mol. The molecule has 8 heteroatoms. The number of thiophene rings is 1. The summed E-state index contributed by atoms with van der Waals surface area (Å²) >= 11 is 1.74. The average Bonchev–Trinajstić information content (AvgIpc) is 3.68. The second-order valence-electron chi connectivity index (χ2n) is 11.2. The number of carbonyl (C=O) groups excluding carboxylic acids is 2. The van der Waals surface area contributed by atoms with Crippen LogP contribution in [0.2, 0.25) is 0 Å². The highest BCUT2D eigenvalue weighted by molar-refractivity contribution is 7.09. The normalized spacial score (nSPS) is 19.5. The second-order valence-corrected chi connectivity index (χ2v) is 12.3. The minimum atomic E-state index is -0.590. The van der Waals surface area contributed by atoms with Gasteiger partial charge in [0.25, 0.3) is 5.91 Å². The molecule has 2 aliphatic rings. The van der Waals surface area contributed by atoms with Gasteiger partial charge in [-0.25, -0.2) is 4.98 Å². The molecule has 1 saturated heterocycles. The number of carbonyl (C=O) groups is 2. The van der Waals surface area contributed by atoms with Gasteiger partial charge in [0.1, 0.15) is 11.9 Å². The van der Waals surface area contributed by atoms with Crippen molar-refractivity contribution in [1.29, 1.82) is 0 Å².